The lowest BCUT2D eigenvalue weighted by Gasteiger charge is -2.12. The van der Waals surface area contributed by atoms with Gasteiger partial charge < -0.3 is 0 Å². The van der Waals surface area contributed by atoms with Gasteiger partial charge in [-0.1, -0.05) is 53.7 Å². The van der Waals surface area contributed by atoms with E-state index in [0.29, 0.717) is 21.7 Å². The summed E-state index contributed by atoms with van der Waals surface area (Å²) in [5.41, 5.74) is 6.55. The molecular formula is C22H20ClFN4S. The molecule has 2 aromatic heterocycles. The van der Waals surface area contributed by atoms with Crippen molar-refractivity contribution in [2.75, 3.05) is 0 Å². The molecule has 7 heteroatoms. The molecule has 0 N–H and O–H groups in total. The average Bonchev–Trinajstić information content (AvgIpc) is 3.09. The molecule has 2 aromatic carbocycles. The topological polar surface area (TPSA) is 43.1 Å². The highest BCUT2D eigenvalue weighted by Gasteiger charge is 2.15. The Labute approximate surface area is 178 Å². The first-order valence-electron chi connectivity index (χ1n) is 9.26. The van der Waals surface area contributed by atoms with Gasteiger partial charge in [0, 0.05) is 28.6 Å². The van der Waals surface area contributed by atoms with Crippen LogP contribution in [0.15, 0.2) is 47.6 Å². The lowest BCUT2D eigenvalue weighted by molar-refractivity contribution is 0.627. The van der Waals surface area contributed by atoms with E-state index >= 15 is 0 Å². The predicted octanol–water partition coefficient (Wildman–Crippen LogP) is 5.73. The van der Waals surface area contributed by atoms with Crippen LogP contribution >= 0.6 is 23.4 Å². The van der Waals surface area contributed by atoms with Crippen molar-refractivity contribution in [2.24, 2.45) is 0 Å². The van der Waals surface area contributed by atoms with Crippen LogP contribution in [-0.2, 0) is 12.2 Å². The fraction of sp³-hybridized carbons (Fsp3) is 0.227. The van der Waals surface area contributed by atoms with Crippen LogP contribution in [0, 0.1) is 26.6 Å². The summed E-state index contributed by atoms with van der Waals surface area (Å²) in [6.45, 7) is 6.19. The second kappa shape index (κ2) is 8.13. The SMILES string of the molecule is Cc1ccccc1Cc1c(C)nc2nc(SCc3ccc(F)cc3Cl)nn2c1C. The maximum Gasteiger partial charge on any atom is 0.253 e. The van der Waals surface area contributed by atoms with Crippen LogP contribution in [0.4, 0.5) is 4.39 Å². The number of hydrogen-bond donors (Lipinski definition) is 0. The van der Waals surface area contributed by atoms with Gasteiger partial charge >= 0.3 is 0 Å². The molecule has 0 amide bonds. The first-order chi connectivity index (χ1) is 13.9. The molecule has 4 nitrogen and oxygen atoms in total. The first kappa shape index (κ1) is 19.9. The zero-order valence-electron chi connectivity index (χ0n) is 16.4. The van der Waals surface area contributed by atoms with Crippen molar-refractivity contribution in [1.29, 1.82) is 0 Å². The summed E-state index contributed by atoms with van der Waals surface area (Å²) >= 11 is 7.58. The fourth-order valence-electron chi connectivity index (χ4n) is 3.29. The molecule has 0 bridgehead atoms. The van der Waals surface area contributed by atoms with Gasteiger partial charge in [0.05, 0.1) is 0 Å². The lowest BCUT2D eigenvalue weighted by atomic mass is 9.99. The largest absolute Gasteiger partial charge is 0.253 e. The van der Waals surface area contributed by atoms with E-state index in [1.165, 1.54) is 35.0 Å². The van der Waals surface area contributed by atoms with Gasteiger partial charge in [0.1, 0.15) is 5.82 Å². The minimum Gasteiger partial charge on any atom is -0.216 e. The maximum absolute atomic E-state index is 13.2. The molecule has 0 spiro atoms. The molecule has 0 aliphatic heterocycles. The third-order valence-corrected chi connectivity index (χ3v) is 6.27. The number of aryl methyl sites for hydroxylation is 3. The lowest BCUT2D eigenvalue weighted by Crippen LogP contribution is -2.07. The highest BCUT2D eigenvalue weighted by atomic mass is 35.5. The Morgan fingerprint density at radius 3 is 2.59 bits per heavy atom. The quantitative estimate of drug-likeness (QED) is 0.382. The summed E-state index contributed by atoms with van der Waals surface area (Å²) in [4.78, 5) is 9.22. The fourth-order valence-corrected chi connectivity index (χ4v) is 4.42. The molecule has 0 aliphatic rings. The van der Waals surface area contributed by atoms with Gasteiger partial charge in [-0.3, -0.25) is 0 Å². The highest BCUT2D eigenvalue weighted by molar-refractivity contribution is 7.98. The molecule has 0 aliphatic carbocycles. The molecule has 29 heavy (non-hydrogen) atoms. The molecule has 0 fully saturated rings. The molecule has 0 unspecified atom stereocenters. The highest BCUT2D eigenvalue weighted by Crippen LogP contribution is 2.27. The summed E-state index contributed by atoms with van der Waals surface area (Å²) in [7, 11) is 0. The number of nitrogens with zero attached hydrogens (tertiary/aromatic N) is 4. The Morgan fingerprint density at radius 2 is 1.83 bits per heavy atom. The van der Waals surface area contributed by atoms with Crippen LogP contribution in [0.2, 0.25) is 5.02 Å². The maximum atomic E-state index is 13.2. The Kier molecular flexibility index (Phi) is 5.56. The number of hydrogen-bond acceptors (Lipinski definition) is 4. The summed E-state index contributed by atoms with van der Waals surface area (Å²) in [6.07, 6.45) is 0.806. The van der Waals surface area contributed by atoms with Gasteiger partial charge in [0.25, 0.3) is 5.78 Å². The van der Waals surface area contributed by atoms with Crippen molar-refractivity contribution in [3.05, 3.63) is 86.9 Å². The normalized spacial score (nSPS) is 11.3. The summed E-state index contributed by atoms with van der Waals surface area (Å²) < 4.78 is 15.0. The molecular weight excluding hydrogens is 407 g/mol. The smallest absolute Gasteiger partial charge is 0.216 e. The third-order valence-electron chi connectivity index (χ3n) is 5.03. The molecule has 0 saturated carbocycles. The molecule has 4 rings (SSSR count). The van der Waals surface area contributed by atoms with Crippen LogP contribution in [-0.4, -0.2) is 19.6 Å². The molecule has 4 aromatic rings. The van der Waals surface area contributed by atoms with Gasteiger partial charge in [-0.25, -0.2) is 13.9 Å². The Balaban J connectivity index is 1.62. The van der Waals surface area contributed by atoms with Crippen molar-refractivity contribution in [3.63, 3.8) is 0 Å². The monoisotopic (exact) mass is 426 g/mol. The summed E-state index contributed by atoms with van der Waals surface area (Å²) in [5.74, 6) is 0.803. The zero-order valence-corrected chi connectivity index (χ0v) is 18.0. The second-order valence-electron chi connectivity index (χ2n) is 7.00. The Bertz CT molecular complexity index is 1210. The molecule has 0 atom stereocenters. The minimum absolute atomic E-state index is 0.342. The first-order valence-corrected chi connectivity index (χ1v) is 10.6. The molecule has 0 radical (unpaired) electrons. The number of fused-ring (bicyclic) bond motifs is 1. The van der Waals surface area contributed by atoms with Crippen molar-refractivity contribution in [1.82, 2.24) is 19.6 Å². The Hall–Kier alpha value is -2.44. The van der Waals surface area contributed by atoms with Gasteiger partial charge in [-0.15, -0.1) is 5.10 Å². The average molecular weight is 427 g/mol. The van der Waals surface area contributed by atoms with Gasteiger partial charge in [0.15, 0.2) is 0 Å². The van der Waals surface area contributed by atoms with E-state index in [1.807, 2.05) is 13.0 Å². The molecule has 0 saturated heterocycles. The standard InChI is InChI=1S/C22H20ClFN4S/c1-13-6-4-5-7-16(13)10-19-14(2)25-21-26-22(27-28(21)15(19)3)29-12-17-8-9-18(24)11-20(17)23/h4-9,11H,10,12H2,1-3H3. The van der Waals surface area contributed by atoms with Crippen LogP contribution in [0.1, 0.15) is 33.6 Å². The van der Waals surface area contributed by atoms with E-state index in [2.05, 4.69) is 47.1 Å². The van der Waals surface area contributed by atoms with E-state index in [9.17, 15) is 4.39 Å². The van der Waals surface area contributed by atoms with Gasteiger partial charge in [-0.05, 0) is 55.2 Å². The predicted molar refractivity (Wildman–Crippen MR) is 115 cm³/mol. The van der Waals surface area contributed by atoms with E-state index in [1.54, 1.807) is 10.6 Å². The molecule has 2 heterocycles. The summed E-state index contributed by atoms with van der Waals surface area (Å²) in [5, 5.41) is 5.66. The zero-order chi connectivity index (χ0) is 20.5. The van der Waals surface area contributed by atoms with E-state index < -0.39 is 0 Å². The van der Waals surface area contributed by atoms with Gasteiger partial charge in [-0.2, -0.15) is 4.98 Å². The van der Waals surface area contributed by atoms with Crippen molar-refractivity contribution in [2.45, 2.75) is 38.1 Å². The Morgan fingerprint density at radius 1 is 1.03 bits per heavy atom. The number of benzene rings is 2. The van der Waals surface area contributed by atoms with Crippen molar-refractivity contribution in [3.8, 4) is 0 Å². The number of aromatic nitrogens is 4. The number of thioether (sulfide) groups is 1. The second-order valence-corrected chi connectivity index (χ2v) is 8.34. The van der Waals surface area contributed by atoms with Crippen molar-refractivity contribution < 1.29 is 4.39 Å². The van der Waals surface area contributed by atoms with Gasteiger partial charge in [0.2, 0.25) is 5.16 Å². The summed E-state index contributed by atoms with van der Waals surface area (Å²) in [6, 6.07) is 12.8. The van der Waals surface area contributed by atoms with Crippen LogP contribution < -0.4 is 0 Å². The van der Waals surface area contributed by atoms with Crippen molar-refractivity contribution >= 4 is 29.1 Å². The third kappa shape index (κ3) is 4.14. The number of rotatable bonds is 5. The minimum atomic E-state index is -0.342. The molecule has 148 valence electrons. The van der Waals surface area contributed by atoms with E-state index in [0.717, 1.165) is 28.9 Å². The number of halogens is 2. The van der Waals surface area contributed by atoms with E-state index in [4.69, 9.17) is 11.6 Å². The van der Waals surface area contributed by atoms with E-state index in [-0.39, 0.29) is 5.82 Å². The van der Waals surface area contributed by atoms with Crippen LogP contribution in [0.5, 0.6) is 0 Å². The van der Waals surface area contributed by atoms with Crippen LogP contribution in [0.25, 0.3) is 5.78 Å². The van der Waals surface area contributed by atoms with Crippen LogP contribution in [0.3, 0.4) is 0 Å².